The third-order valence-electron chi connectivity index (χ3n) is 3.38. The second kappa shape index (κ2) is 6.30. The van der Waals surface area contributed by atoms with E-state index in [0.29, 0.717) is 24.3 Å². The Morgan fingerprint density at radius 2 is 2.33 bits per heavy atom. The molecule has 0 aromatic heterocycles. The first-order chi connectivity index (χ1) is 8.65. The van der Waals surface area contributed by atoms with Crippen LogP contribution in [-0.2, 0) is 11.2 Å². The Morgan fingerprint density at radius 1 is 1.50 bits per heavy atom. The summed E-state index contributed by atoms with van der Waals surface area (Å²) in [6.07, 6.45) is 2.97. The normalized spacial score (nSPS) is 19.1. The van der Waals surface area contributed by atoms with E-state index in [0.717, 1.165) is 25.9 Å². The molecule has 0 aliphatic carbocycles. The number of carbonyl (C=O) groups is 1. The van der Waals surface area contributed by atoms with Crippen LogP contribution in [0.5, 0.6) is 0 Å². The summed E-state index contributed by atoms with van der Waals surface area (Å²) in [5.74, 6) is 0.335. The van der Waals surface area contributed by atoms with Gasteiger partial charge in [-0.05, 0) is 49.5 Å². The van der Waals surface area contributed by atoms with Gasteiger partial charge in [-0.15, -0.1) is 0 Å². The monoisotopic (exact) mass is 269 g/mol. The standard InChI is InChI=1S/C14H17ClFNO/c15-13-4-2-11(8-14(13)16)7-12(18)3-1-10-5-6-17-9-10/h2,4,8,10,17H,1,3,5-7,9H2. The molecule has 98 valence electrons. The second-order valence-corrected chi connectivity index (χ2v) is 5.27. The van der Waals surface area contributed by atoms with Crippen molar-refractivity contribution in [2.24, 2.45) is 5.92 Å². The van der Waals surface area contributed by atoms with Crippen molar-refractivity contribution in [1.29, 1.82) is 0 Å². The highest BCUT2D eigenvalue weighted by molar-refractivity contribution is 6.30. The predicted molar refractivity (Wildman–Crippen MR) is 70.3 cm³/mol. The quantitative estimate of drug-likeness (QED) is 0.890. The Labute approximate surface area is 112 Å². The summed E-state index contributed by atoms with van der Waals surface area (Å²) in [6, 6.07) is 4.55. The maximum absolute atomic E-state index is 13.2. The number of Topliss-reactive ketones (excluding diaryl/α,β-unsaturated/α-hetero) is 1. The molecule has 1 aromatic rings. The molecule has 0 bridgehead atoms. The highest BCUT2D eigenvalue weighted by atomic mass is 35.5. The summed E-state index contributed by atoms with van der Waals surface area (Å²) in [6.45, 7) is 2.07. The van der Waals surface area contributed by atoms with Crippen LogP contribution >= 0.6 is 11.6 Å². The van der Waals surface area contributed by atoms with Crippen LogP contribution in [0.1, 0.15) is 24.8 Å². The number of hydrogen-bond acceptors (Lipinski definition) is 2. The van der Waals surface area contributed by atoms with Crippen molar-refractivity contribution in [1.82, 2.24) is 5.32 Å². The minimum atomic E-state index is -0.457. The SMILES string of the molecule is O=C(CCC1CCNC1)Cc1ccc(Cl)c(F)c1. The van der Waals surface area contributed by atoms with E-state index in [1.54, 1.807) is 6.07 Å². The van der Waals surface area contributed by atoms with Gasteiger partial charge in [-0.3, -0.25) is 4.79 Å². The van der Waals surface area contributed by atoms with Crippen molar-refractivity contribution >= 4 is 17.4 Å². The van der Waals surface area contributed by atoms with Crippen LogP contribution in [0, 0.1) is 11.7 Å². The molecule has 1 fully saturated rings. The first-order valence-electron chi connectivity index (χ1n) is 6.31. The van der Waals surface area contributed by atoms with Crippen molar-refractivity contribution in [3.05, 3.63) is 34.6 Å². The van der Waals surface area contributed by atoms with E-state index < -0.39 is 5.82 Å². The van der Waals surface area contributed by atoms with Crippen LogP contribution in [0.2, 0.25) is 5.02 Å². The van der Waals surface area contributed by atoms with Crippen LogP contribution < -0.4 is 5.32 Å². The third-order valence-corrected chi connectivity index (χ3v) is 3.69. The molecular formula is C14H17ClFNO. The van der Waals surface area contributed by atoms with Crippen molar-refractivity contribution in [3.8, 4) is 0 Å². The maximum Gasteiger partial charge on any atom is 0.142 e. The van der Waals surface area contributed by atoms with E-state index in [9.17, 15) is 9.18 Å². The van der Waals surface area contributed by atoms with E-state index in [1.807, 2.05) is 0 Å². The Bertz CT molecular complexity index is 430. The zero-order chi connectivity index (χ0) is 13.0. The van der Waals surface area contributed by atoms with Crippen molar-refractivity contribution in [3.63, 3.8) is 0 Å². The zero-order valence-electron chi connectivity index (χ0n) is 10.2. The summed E-state index contributed by atoms with van der Waals surface area (Å²) >= 11 is 5.60. The lowest BCUT2D eigenvalue weighted by molar-refractivity contribution is -0.118. The summed E-state index contributed by atoms with van der Waals surface area (Å²) in [4.78, 5) is 11.8. The third kappa shape index (κ3) is 3.79. The molecular weight excluding hydrogens is 253 g/mol. The second-order valence-electron chi connectivity index (χ2n) is 4.86. The summed E-state index contributed by atoms with van der Waals surface area (Å²) in [5.41, 5.74) is 0.700. The van der Waals surface area contributed by atoms with Gasteiger partial charge in [0.15, 0.2) is 0 Å². The van der Waals surface area contributed by atoms with Gasteiger partial charge in [-0.25, -0.2) is 4.39 Å². The molecule has 0 saturated carbocycles. The molecule has 1 atom stereocenters. The first-order valence-corrected chi connectivity index (χ1v) is 6.69. The number of benzene rings is 1. The van der Waals surface area contributed by atoms with Gasteiger partial charge in [-0.1, -0.05) is 17.7 Å². The Hall–Kier alpha value is -0.930. The maximum atomic E-state index is 13.2. The van der Waals surface area contributed by atoms with E-state index in [-0.39, 0.29) is 10.8 Å². The number of nitrogens with one attached hydrogen (secondary N) is 1. The van der Waals surface area contributed by atoms with Gasteiger partial charge in [-0.2, -0.15) is 0 Å². The molecule has 1 aliphatic heterocycles. The predicted octanol–water partition coefficient (Wildman–Crippen LogP) is 2.98. The summed E-state index contributed by atoms with van der Waals surface area (Å²) in [7, 11) is 0. The van der Waals surface area contributed by atoms with Gasteiger partial charge < -0.3 is 5.32 Å². The number of halogens is 2. The van der Waals surface area contributed by atoms with Gasteiger partial charge in [0.25, 0.3) is 0 Å². The van der Waals surface area contributed by atoms with E-state index in [2.05, 4.69) is 5.32 Å². The fourth-order valence-electron chi connectivity index (χ4n) is 2.29. The lowest BCUT2D eigenvalue weighted by Gasteiger charge is -2.07. The van der Waals surface area contributed by atoms with Crippen LogP contribution in [0.4, 0.5) is 4.39 Å². The summed E-state index contributed by atoms with van der Waals surface area (Å²) < 4.78 is 13.2. The average molecular weight is 270 g/mol. The number of carbonyl (C=O) groups excluding carboxylic acids is 1. The minimum absolute atomic E-state index is 0.100. The highest BCUT2D eigenvalue weighted by Gasteiger charge is 2.16. The largest absolute Gasteiger partial charge is 0.316 e. The van der Waals surface area contributed by atoms with Gasteiger partial charge in [0, 0.05) is 12.8 Å². The Balaban J connectivity index is 1.80. The lowest BCUT2D eigenvalue weighted by atomic mass is 9.98. The number of hydrogen-bond donors (Lipinski definition) is 1. The molecule has 1 saturated heterocycles. The molecule has 18 heavy (non-hydrogen) atoms. The highest BCUT2D eigenvalue weighted by Crippen LogP contribution is 2.18. The van der Waals surface area contributed by atoms with Gasteiger partial charge >= 0.3 is 0 Å². The molecule has 1 aromatic carbocycles. The molecule has 1 N–H and O–H groups in total. The first kappa shape index (κ1) is 13.5. The molecule has 2 nitrogen and oxygen atoms in total. The molecule has 1 aliphatic rings. The molecule has 1 unspecified atom stereocenters. The van der Waals surface area contributed by atoms with Crippen LogP contribution in [0.3, 0.4) is 0 Å². The minimum Gasteiger partial charge on any atom is -0.316 e. The smallest absolute Gasteiger partial charge is 0.142 e. The molecule has 0 amide bonds. The van der Waals surface area contributed by atoms with E-state index in [4.69, 9.17) is 11.6 Å². The number of rotatable bonds is 5. The summed E-state index contributed by atoms with van der Waals surface area (Å²) in [5, 5.41) is 3.38. The topological polar surface area (TPSA) is 29.1 Å². The molecule has 0 spiro atoms. The van der Waals surface area contributed by atoms with Crippen LogP contribution in [-0.4, -0.2) is 18.9 Å². The Kier molecular flexibility index (Phi) is 4.72. The van der Waals surface area contributed by atoms with Crippen LogP contribution in [0.25, 0.3) is 0 Å². The molecule has 4 heteroatoms. The van der Waals surface area contributed by atoms with Gasteiger partial charge in [0.1, 0.15) is 11.6 Å². The zero-order valence-corrected chi connectivity index (χ0v) is 11.0. The van der Waals surface area contributed by atoms with E-state index in [1.165, 1.54) is 12.1 Å². The van der Waals surface area contributed by atoms with E-state index >= 15 is 0 Å². The molecule has 0 radical (unpaired) electrons. The van der Waals surface area contributed by atoms with Crippen LogP contribution in [0.15, 0.2) is 18.2 Å². The fraction of sp³-hybridized carbons (Fsp3) is 0.500. The average Bonchev–Trinajstić information content (AvgIpc) is 2.84. The van der Waals surface area contributed by atoms with Gasteiger partial charge in [0.2, 0.25) is 0 Å². The van der Waals surface area contributed by atoms with Crippen molar-refractivity contribution < 1.29 is 9.18 Å². The fourth-order valence-corrected chi connectivity index (χ4v) is 2.41. The number of ketones is 1. The Morgan fingerprint density at radius 3 is 3.00 bits per heavy atom. The molecule has 2 rings (SSSR count). The van der Waals surface area contributed by atoms with Crippen molar-refractivity contribution in [2.45, 2.75) is 25.7 Å². The molecule has 1 heterocycles. The van der Waals surface area contributed by atoms with Crippen molar-refractivity contribution in [2.75, 3.05) is 13.1 Å². The lowest BCUT2D eigenvalue weighted by Crippen LogP contribution is -2.11. The van der Waals surface area contributed by atoms with Gasteiger partial charge in [0.05, 0.1) is 5.02 Å².